The third-order valence-corrected chi connectivity index (χ3v) is 13.2. The van der Waals surface area contributed by atoms with Gasteiger partial charge in [-0.1, -0.05) is 281 Å². The van der Waals surface area contributed by atoms with Gasteiger partial charge in [0.25, 0.3) is 0 Å². The van der Waals surface area contributed by atoms with E-state index in [1.165, 1.54) is 70.6 Å². The molecule has 0 saturated carbocycles. The van der Waals surface area contributed by atoms with Crippen LogP contribution in [0.15, 0.2) is 170 Å². The van der Waals surface area contributed by atoms with Gasteiger partial charge in [0.1, 0.15) is 13.2 Å². The Morgan fingerprint density at radius 3 is 0.765 bits per heavy atom. The van der Waals surface area contributed by atoms with Crippen LogP contribution < -0.4 is 0 Å². The van der Waals surface area contributed by atoms with Crippen molar-refractivity contribution in [2.45, 2.75) is 271 Å². The molecule has 0 spiro atoms. The van der Waals surface area contributed by atoms with Crippen molar-refractivity contribution in [2.24, 2.45) is 0 Å². The summed E-state index contributed by atoms with van der Waals surface area (Å²) in [4.78, 5) is 38.2. The third-order valence-electron chi connectivity index (χ3n) is 13.2. The number of hydrogen-bond donors (Lipinski definition) is 0. The number of carbonyl (C=O) groups excluding carboxylic acids is 3. The summed E-state index contributed by atoms with van der Waals surface area (Å²) >= 11 is 0. The van der Waals surface area contributed by atoms with E-state index >= 15 is 0 Å². The summed E-state index contributed by atoms with van der Waals surface area (Å²) in [5.41, 5.74) is 0. The Morgan fingerprint density at radius 1 is 0.247 bits per heavy atom. The molecule has 454 valence electrons. The molecule has 0 aliphatic carbocycles. The van der Waals surface area contributed by atoms with E-state index in [9.17, 15) is 14.4 Å². The van der Waals surface area contributed by atoms with Crippen LogP contribution in [0.3, 0.4) is 0 Å². The number of esters is 3. The second kappa shape index (κ2) is 67.3. The maximum absolute atomic E-state index is 12.9. The van der Waals surface area contributed by atoms with Crippen molar-refractivity contribution in [1.82, 2.24) is 0 Å². The number of unbranched alkanes of at least 4 members (excludes halogenated alkanes) is 18. The SMILES string of the molecule is CC/C=C\C/C=C\C/C=C\C/C=C\C/C=C\C/C=C\C/C=C\CCCCCCCCCCCCCCCC(=O)OCC(COC(=O)CC/C=C\C/C=C\C/C=C\C/C=C\CC)OC(=O)CCCCCCC/C=C\C/C=C\C/C=C\CC. The van der Waals surface area contributed by atoms with Crippen LogP contribution in [-0.4, -0.2) is 37.2 Å². The van der Waals surface area contributed by atoms with E-state index < -0.39 is 6.10 Å². The molecule has 6 heteroatoms. The van der Waals surface area contributed by atoms with Gasteiger partial charge in [0.05, 0.1) is 0 Å². The van der Waals surface area contributed by atoms with Crippen molar-refractivity contribution < 1.29 is 28.6 Å². The van der Waals surface area contributed by atoms with Gasteiger partial charge < -0.3 is 14.2 Å². The van der Waals surface area contributed by atoms with Gasteiger partial charge >= 0.3 is 17.9 Å². The Morgan fingerprint density at radius 2 is 0.469 bits per heavy atom. The minimum Gasteiger partial charge on any atom is -0.462 e. The number of rotatable bonds is 57. The van der Waals surface area contributed by atoms with Gasteiger partial charge in [-0.25, -0.2) is 0 Å². The molecule has 0 fully saturated rings. The van der Waals surface area contributed by atoms with E-state index in [1.54, 1.807) is 0 Å². The molecule has 0 bridgehead atoms. The van der Waals surface area contributed by atoms with Crippen LogP contribution in [0.4, 0.5) is 0 Å². The lowest BCUT2D eigenvalue weighted by Gasteiger charge is -2.18. The third kappa shape index (κ3) is 65.5. The van der Waals surface area contributed by atoms with Gasteiger partial charge in [-0.3, -0.25) is 14.4 Å². The first-order chi connectivity index (χ1) is 40.0. The molecule has 1 unspecified atom stereocenters. The summed E-state index contributed by atoms with van der Waals surface area (Å²) < 4.78 is 16.8. The van der Waals surface area contributed by atoms with Crippen molar-refractivity contribution in [3.05, 3.63) is 170 Å². The highest BCUT2D eigenvalue weighted by molar-refractivity contribution is 5.71. The Labute approximate surface area is 498 Å². The molecular formula is C75H118O6. The lowest BCUT2D eigenvalue weighted by Crippen LogP contribution is -2.30. The van der Waals surface area contributed by atoms with Crippen molar-refractivity contribution in [1.29, 1.82) is 0 Å². The van der Waals surface area contributed by atoms with E-state index in [-0.39, 0.29) is 44.0 Å². The summed E-state index contributed by atoms with van der Waals surface area (Å²) in [6.45, 7) is 6.21. The minimum absolute atomic E-state index is 0.113. The average molecular weight is 1120 g/mol. The zero-order valence-electron chi connectivity index (χ0n) is 52.0. The fourth-order valence-corrected chi connectivity index (χ4v) is 8.45. The average Bonchev–Trinajstić information content (AvgIpc) is 3.46. The predicted octanol–water partition coefficient (Wildman–Crippen LogP) is 22.7. The van der Waals surface area contributed by atoms with Crippen molar-refractivity contribution in [3.8, 4) is 0 Å². The zero-order chi connectivity index (χ0) is 58.5. The normalized spacial score (nSPS) is 13.3. The summed E-state index contributed by atoms with van der Waals surface area (Å²) in [5.74, 6) is -1.02. The van der Waals surface area contributed by atoms with Crippen LogP contribution in [0.2, 0.25) is 0 Å². The van der Waals surface area contributed by atoms with E-state index in [0.29, 0.717) is 12.8 Å². The topological polar surface area (TPSA) is 78.9 Å². The highest BCUT2D eigenvalue weighted by Gasteiger charge is 2.19. The lowest BCUT2D eigenvalue weighted by molar-refractivity contribution is -0.166. The van der Waals surface area contributed by atoms with Crippen LogP contribution in [0.1, 0.15) is 265 Å². The van der Waals surface area contributed by atoms with Crippen molar-refractivity contribution in [2.75, 3.05) is 13.2 Å². The Hall–Kier alpha value is -5.23. The highest BCUT2D eigenvalue weighted by Crippen LogP contribution is 2.15. The molecule has 0 heterocycles. The van der Waals surface area contributed by atoms with E-state index in [0.717, 1.165) is 148 Å². The van der Waals surface area contributed by atoms with Crippen LogP contribution in [0, 0.1) is 0 Å². The Bertz CT molecular complexity index is 1860. The Kier molecular flexibility index (Phi) is 62.9. The molecule has 81 heavy (non-hydrogen) atoms. The first-order valence-corrected chi connectivity index (χ1v) is 32.6. The molecule has 0 rings (SSSR count). The number of hydrogen-bond acceptors (Lipinski definition) is 6. The molecule has 1 atom stereocenters. The first kappa shape index (κ1) is 75.8. The van der Waals surface area contributed by atoms with Gasteiger partial charge in [-0.2, -0.15) is 0 Å². The molecule has 0 aliphatic heterocycles. The molecule has 0 aliphatic rings. The molecular weight excluding hydrogens is 997 g/mol. The quantitative estimate of drug-likeness (QED) is 0.0261. The van der Waals surface area contributed by atoms with Gasteiger partial charge in [0, 0.05) is 19.3 Å². The molecule has 0 aromatic heterocycles. The van der Waals surface area contributed by atoms with Crippen LogP contribution >= 0.6 is 0 Å². The fourth-order valence-electron chi connectivity index (χ4n) is 8.45. The molecule has 0 aromatic rings. The molecule has 0 N–H and O–H groups in total. The zero-order valence-corrected chi connectivity index (χ0v) is 52.0. The van der Waals surface area contributed by atoms with Crippen LogP contribution in [0.5, 0.6) is 0 Å². The maximum atomic E-state index is 12.9. The smallest absolute Gasteiger partial charge is 0.306 e. The van der Waals surface area contributed by atoms with Crippen LogP contribution in [-0.2, 0) is 28.6 Å². The van der Waals surface area contributed by atoms with E-state index in [4.69, 9.17) is 14.2 Å². The molecule has 0 amide bonds. The van der Waals surface area contributed by atoms with E-state index in [2.05, 4.69) is 179 Å². The van der Waals surface area contributed by atoms with E-state index in [1.807, 2.05) is 12.2 Å². The van der Waals surface area contributed by atoms with Gasteiger partial charge in [0.15, 0.2) is 6.10 Å². The number of ether oxygens (including phenoxy) is 3. The first-order valence-electron chi connectivity index (χ1n) is 32.6. The lowest BCUT2D eigenvalue weighted by atomic mass is 10.0. The molecule has 6 nitrogen and oxygen atoms in total. The maximum Gasteiger partial charge on any atom is 0.306 e. The van der Waals surface area contributed by atoms with Gasteiger partial charge in [-0.05, 0) is 135 Å². The number of allylic oxidation sites excluding steroid dienone is 28. The summed E-state index contributed by atoms with van der Waals surface area (Å²) in [6, 6.07) is 0. The highest BCUT2D eigenvalue weighted by atomic mass is 16.6. The summed E-state index contributed by atoms with van der Waals surface area (Å²) in [6.07, 6.45) is 99.6. The summed E-state index contributed by atoms with van der Waals surface area (Å²) in [7, 11) is 0. The van der Waals surface area contributed by atoms with Crippen LogP contribution in [0.25, 0.3) is 0 Å². The molecule has 0 saturated heterocycles. The minimum atomic E-state index is -0.824. The second-order valence-corrected chi connectivity index (χ2v) is 20.9. The predicted molar refractivity (Wildman–Crippen MR) is 352 cm³/mol. The summed E-state index contributed by atoms with van der Waals surface area (Å²) in [5, 5.41) is 0. The largest absolute Gasteiger partial charge is 0.462 e. The van der Waals surface area contributed by atoms with Gasteiger partial charge in [-0.15, -0.1) is 0 Å². The fraction of sp³-hybridized carbons (Fsp3) is 0.587. The monoisotopic (exact) mass is 1110 g/mol. The number of carbonyl (C=O) groups is 3. The van der Waals surface area contributed by atoms with Crippen molar-refractivity contribution in [3.63, 3.8) is 0 Å². The molecule has 0 radical (unpaired) electrons. The van der Waals surface area contributed by atoms with Crippen molar-refractivity contribution >= 4 is 17.9 Å². The molecule has 0 aromatic carbocycles. The van der Waals surface area contributed by atoms with Gasteiger partial charge in [0.2, 0.25) is 0 Å². The standard InChI is InChI=1S/C75H118O6/c1-4-7-10-13-16-19-22-25-27-28-29-30-31-32-33-34-35-36-37-38-39-40-41-42-43-44-45-46-48-50-53-56-59-62-65-68-74(77)80-71-72(70-79-73(76)67-64-61-58-55-52-49-24-21-18-15-12-9-6-3)81-75(78)69-66-63-60-57-54-51-47-26-23-20-17-14-11-8-5-2/h7-12,16-21,25-27,29-30,32-33,35-36,38-39,47,49,52,58,61,72H,4-6,13-15,22-24,28,31,34,37,40-46,48,50-51,53-57,59-60,62-71H2,1-3H3/b10-7-,11-8-,12-9-,19-16-,20-17-,21-18-,27-25-,30-29-,33-32-,36-35-,39-38-,47-26-,52-49-,61-58-. The Balaban J connectivity index is 4.25. The second-order valence-electron chi connectivity index (χ2n) is 20.9.